The average molecular weight is 367 g/mol. The SMILES string of the molecule is N#CCCN(C(=O)COc1c(Cl)cccc1Cl)c1ccc(F)cc1. The van der Waals surface area contributed by atoms with Gasteiger partial charge >= 0.3 is 0 Å². The second-order valence-corrected chi connectivity index (χ2v) is 5.58. The maximum absolute atomic E-state index is 13.1. The number of para-hydroxylation sites is 1. The van der Waals surface area contributed by atoms with Crippen molar-refractivity contribution >= 4 is 34.8 Å². The maximum Gasteiger partial charge on any atom is 0.264 e. The van der Waals surface area contributed by atoms with Crippen LogP contribution in [0.15, 0.2) is 42.5 Å². The number of rotatable bonds is 6. The van der Waals surface area contributed by atoms with Gasteiger partial charge in [0.25, 0.3) is 5.91 Å². The van der Waals surface area contributed by atoms with E-state index in [-0.39, 0.29) is 25.3 Å². The van der Waals surface area contributed by atoms with Gasteiger partial charge in [-0.25, -0.2) is 4.39 Å². The monoisotopic (exact) mass is 366 g/mol. The van der Waals surface area contributed by atoms with Crippen LogP contribution in [0, 0.1) is 17.1 Å². The van der Waals surface area contributed by atoms with E-state index in [1.54, 1.807) is 18.2 Å². The number of benzene rings is 2. The second-order valence-electron chi connectivity index (χ2n) is 4.77. The first-order valence-electron chi connectivity index (χ1n) is 7.02. The first-order valence-corrected chi connectivity index (χ1v) is 7.78. The predicted molar refractivity (Wildman–Crippen MR) is 90.9 cm³/mol. The van der Waals surface area contributed by atoms with Gasteiger partial charge in [0.1, 0.15) is 5.82 Å². The smallest absolute Gasteiger partial charge is 0.264 e. The molecule has 0 aliphatic carbocycles. The lowest BCUT2D eigenvalue weighted by Gasteiger charge is -2.22. The fourth-order valence-electron chi connectivity index (χ4n) is 2.01. The average Bonchev–Trinajstić information content (AvgIpc) is 2.56. The van der Waals surface area contributed by atoms with Gasteiger partial charge < -0.3 is 9.64 Å². The summed E-state index contributed by atoms with van der Waals surface area (Å²) in [5.74, 6) is -0.591. The molecular weight excluding hydrogens is 354 g/mol. The van der Waals surface area contributed by atoms with Crippen molar-refractivity contribution in [1.29, 1.82) is 5.26 Å². The van der Waals surface area contributed by atoms with Gasteiger partial charge in [-0.2, -0.15) is 5.26 Å². The van der Waals surface area contributed by atoms with Crippen LogP contribution in [-0.2, 0) is 4.79 Å². The molecule has 0 heterocycles. The lowest BCUT2D eigenvalue weighted by atomic mass is 10.2. The lowest BCUT2D eigenvalue weighted by molar-refractivity contribution is -0.120. The molecule has 2 aromatic rings. The summed E-state index contributed by atoms with van der Waals surface area (Å²) in [6.07, 6.45) is 0.135. The fraction of sp³-hybridized carbons (Fsp3) is 0.176. The van der Waals surface area contributed by atoms with E-state index in [9.17, 15) is 9.18 Å². The van der Waals surface area contributed by atoms with Gasteiger partial charge in [0.2, 0.25) is 0 Å². The van der Waals surface area contributed by atoms with Crippen LogP contribution in [0.2, 0.25) is 10.0 Å². The minimum Gasteiger partial charge on any atom is -0.481 e. The van der Waals surface area contributed by atoms with Crippen LogP contribution in [0.4, 0.5) is 10.1 Å². The number of anilines is 1. The Balaban J connectivity index is 2.13. The van der Waals surface area contributed by atoms with Crippen molar-refractivity contribution in [2.24, 2.45) is 0 Å². The van der Waals surface area contributed by atoms with Gasteiger partial charge in [-0.1, -0.05) is 29.3 Å². The Morgan fingerprint density at radius 3 is 2.38 bits per heavy atom. The van der Waals surface area contributed by atoms with E-state index >= 15 is 0 Å². The molecule has 124 valence electrons. The largest absolute Gasteiger partial charge is 0.481 e. The summed E-state index contributed by atoms with van der Waals surface area (Å²) in [7, 11) is 0. The Hall–Kier alpha value is -2.29. The highest BCUT2D eigenvalue weighted by Crippen LogP contribution is 2.32. The molecule has 4 nitrogen and oxygen atoms in total. The Bertz CT molecular complexity index is 740. The summed E-state index contributed by atoms with van der Waals surface area (Å²) in [5, 5.41) is 9.34. The first-order chi connectivity index (χ1) is 11.5. The number of ether oxygens (including phenoxy) is 1. The molecule has 1 amide bonds. The topological polar surface area (TPSA) is 53.3 Å². The highest BCUT2D eigenvalue weighted by Gasteiger charge is 2.17. The van der Waals surface area contributed by atoms with Crippen molar-refractivity contribution < 1.29 is 13.9 Å². The number of halogens is 3. The summed E-state index contributed by atoms with van der Waals surface area (Å²) in [5.41, 5.74) is 0.477. The summed E-state index contributed by atoms with van der Waals surface area (Å²) in [6.45, 7) is -0.146. The van der Waals surface area contributed by atoms with Gasteiger partial charge in [0, 0.05) is 12.2 Å². The summed E-state index contributed by atoms with van der Waals surface area (Å²) in [4.78, 5) is 13.8. The van der Waals surface area contributed by atoms with Gasteiger partial charge in [-0.15, -0.1) is 0 Å². The van der Waals surface area contributed by atoms with Crippen molar-refractivity contribution in [3.05, 3.63) is 58.3 Å². The summed E-state index contributed by atoms with van der Waals surface area (Å²) >= 11 is 12.0. The number of nitrogens with zero attached hydrogens (tertiary/aromatic N) is 2. The molecule has 7 heteroatoms. The third kappa shape index (κ3) is 4.60. The van der Waals surface area contributed by atoms with Crippen LogP contribution in [0.3, 0.4) is 0 Å². The standard InChI is InChI=1S/C17H13Cl2FN2O2/c18-14-3-1-4-15(19)17(14)24-11-16(23)22(10-2-9-21)13-7-5-12(20)6-8-13/h1,3-8H,2,10-11H2. The molecule has 24 heavy (non-hydrogen) atoms. The Morgan fingerprint density at radius 1 is 1.17 bits per heavy atom. The number of hydrogen-bond donors (Lipinski definition) is 0. The fourth-order valence-corrected chi connectivity index (χ4v) is 2.52. The van der Waals surface area contributed by atoms with Crippen LogP contribution in [0.1, 0.15) is 6.42 Å². The van der Waals surface area contributed by atoms with E-state index in [0.717, 1.165) is 0 Å². The second kappa shape index (κ2) is 8.53. The van der Waals surface area contributed by atoms with Gasteiger partial charge in [-0.05, 0) is 36.4 Å². The Labute approximate surface area is 149 Å². The third-order valence-corrected chi connectivity index (χ3v) is 3.74. The summed E-state index contributed by atoms with van der Waals surface area (Å²) in [6, 6.07) is 12.3. The molecule has 0 saturated heterocycles. The molecule has 0 fully saturated rings. The molecule has 0 unspecified atom stereocenters. The van der Waals surface area contributed by atoms with E-state index < -0.39 is 11.7 Å². The lowest BCUT2D eigenvalue weighted by Crippen LogP contribution is -2.35. The zero-order valence-corrected chi connectivity index (χ0v) is 14.0. The van der Waals surface area contributed by atoms with Crippen LogP contribution in [0.25, 0.3) is 0 Å². The van der Waals surface area contributed by atoms with Crippen LogP contribution < -0.4 is 9.64 Å². The van der Waals surface area contributed by atoms with Crippen molar-refractivity contribution in [2.75, 3.05) is 18.1 Å². The van der Waals surface area contributed by atoms with E-state index in [1.807, 2.05) is 6.07 Å². The predicted octanol–water partition coefficient (Wildman–Crippen LogP) is 4.46. The number of carbonyl (C=O) groups excluding carboxylic acids is 1. The first kappa shape index (κ1) is 18.1. The van der Waals surface area contributed by atoms with E-state index in [0.29, 0.717) is 15.7 Å². The molecule has 0 spiro atoms. The van der Waals surface area contributed by atoms with E-state index in [1.165, 1.54) is 29.2 Å². The quantitative estimate of drug-likeness (QED) is 0.758. The number of carbonyl (C=O) groups is 1. The molecule has 2 aromatic carbocycles. The van der Waals surface area contributed by atoms with Crippen LogP contribution in [-0.4, -0.2) is 19.1 Å². The van der Waals surface area contributed by atoms with Crippen molar-refractivity contribution in [2.45, 2.75) is 6.42 Å². The minimum atomic E-state index is -0.412. The highest BCUT2D eigenvalue weighted by atomic mass is 35.5. The number of hydrogen-bond acceptors (Lipinski definition) is 3. The highest BCUT2D eigenvalue weighted by molar-refractivity contribution is 6.37. The molecular formula is C17H13Cl2FN2O2. The summed E-state index contributed by atoms with van der Waals surface area (Å²) < 4.78 is 18.5. The molecule has 2 rings (SSSR count). The molecule has 0 aliphatic rings. The normalized spacial score (nSPS) is 10.1. The van der Waals surface area contributed by atoms with Gasteiger partial charge in [-0.3, -0.25) is 4.79 Å². The van der Waals surface area contributed by atoms with Gasteiger partial charge in [0.05, 0.1) is 22.5 Å². The van der Waals surface area contributed by atoms with Crippen molar-refractivity contribution in [3.63, 3.8) is 0 Å². The van der Waals surface area contributed by atoms with Gasteiger partial charge in [0.15, 0.2) is 12.4 Å². The molecule has 0 radical (unpaired) electrons. The van der Waals surface area contributed by atoms with Crippen LogP contribution in [0.5, 0.6) is 5.75 Å². The maximum atomic E-state index is 13.1. The number of nitriles is 1. The zero-order chi connectivity index (χ0) is 17.5. The number of amides is 1. The molecule has 0 aliphatic heterocycles. The van der Waals surface area contributed by atoms with Crippen molar-refractivity contribution in [3.8, 4) is 11.8 Å². The molecule has 0 saturated carbocycles. The molecule has 0 N–H and O–H groups in total. The molecule has 0 bridgehead atoms. The van der Waals surface area contributed by atoms with E-state index in [4.69, 9.17) is 33.2 Å². The molecule has 0 atom stereocenters. The zero-order valence-electron chi connectivity index (χ0n) is 12.5. The molecule has 0 aromatic heterocycles. The minimum absolute atomic E-state index is 0.135. The van der Waals surface area contributed by atoms with E-state index in [2.05, 4.69) is 0 Å². The Kier molecular flexibility index (Phi) is 6.42. The van der Waals surface area contributed by atoms with Crippen molar-refractivity contribution in [1.82, 2.24) is 0 Å². The van der Waals surface area contributed by atoms with Crippen LogP contribution >= 0.6 is 23.2 Å². The third-order valence-electron chi connectivity index (χ3n) is 3.15. The Morgan fingerprint density at radius 2 is 1.79 bits per heavy atom.